The van der Waals surface area contributed by atoms with Crippen LogP contribution in [-0.4, -0.2) is 34.2 Å². The van der Waals surface area contributed by atoms with Gasteiger partial charge in [-0.05, 0) is 45.2 Å². The molecule has 138 valence electrons. The van der Waals surface area contributed by atoms with Gasteiger partial charge in [0.2, 0.25) is 5.91 Å². The Morgan fingerprint density at radius 1 is 1.35 bits per heavy atom. The van der Waals surface area contributed by atoms with Crippen LogP contribution in [0.4, 0.5) is 15.2 Å². The van der Waals surface area contributed by atoms with Crippen LogP contribution in [0.25, 0.3) is 0 Å². The lowest BCUT2D eigenvalue weighted by molar-refractivity contribution is -0.115. The van der Waals surface area contributed by atoms with Crippen molar-refractivity contribution in [2.45, 2.75) is 52.1 Å². The number of carbonyl (C=O) groups excluding carboxylic acids is 1. The van der Waals surface area contributed by atoms with E-state index in [1.54, 1.807) is 24.4 Å². The fourth-order valence-electron chi connectivity index (χ4n) is 3.24. The Hall–Kier alpha value is -2.28. The molecule has 0 aliphatic carbocycles. The van der Waals surface area contributed by atoms with E-state index >= 15 is 0 Å². The number of benzene rings is 1. The second kappa shape index (κ2) is 7.95. The average Bonchev–Trinajstić information content (AvgIpc) is 3.04. The lowest BCUT2D eigenvalue weighted by Crippen LogP contribution is -2.39. The minimum Gasteiger partial charge on any atom is -0.291 e. The van der Waals surface area contributed by atoms with Crippen molar-refractivity contribution < 1.29 is 9.18 Å². The van der Waals surface area contributed by atoms with Crippen LogP contribution in [0.5, 0.6) is 0 Å². The van der Waals surface area contributed by atoms with Gasteiger partial charge >= 0.3 is 0 Å². The SMILES string of the molecule is CC(=O)N(c1nc(/C=N\N2[C@H](C)CCC[C@H]2C)cs1)c1ccccc1F. The molecule has 2 aromatic rings. The summed E-state index contributed by atoms with van der Waals surface area (Å²) in [5.74, 6) is -0.740. The van der Waals surface area contributed by atoms with Crippen LogP contribution in [-0.2, 0) is 4.79 Å². The van der Waals surface area contributed by atoms with Crippen LogP contribution in [0.2, 0.25) is 0 Å². The molecule has 5 nitrogen and oxygen atoms in total. The van der Waals surface area contributed by atoms with Crippen molar-refractivity contribution in [2.24, 2.45) is 5.10 Å². The van der Waals surface area contributed by atoms with Crippen molar-refractivity contribution in [1.29, 1.82) is 0 Å². The minimum atomic E-state index is -0.455. The Balaban J connectivity index is 1.83. The first-order valence-corrected chi connectivity index (χ1v) is 9.68. The van der Waals surface area contributed by atoms with Gasteiger partial charge in [0.15, 0.2) is 5.13 Å². The molecule has 0 unspecified atom stereocenters. The summed E-state index contributed by atoms with van der Waals surface area (Å²) < 4.78 is 14.1. The number of hydrogen-bond acceptors (Lipinski definition) is 5. The lowest BCUT2D eigenvalue weighted by Gasteiger charge is -2.36. The molecule has 0 radical (unpaired) electrons. The molecule has 2 atom stereocenters. The molecule has 0 bridgehead atoms. The highest BCUT2D eigenvalue weighted by Gasteiger charge is 2.23. The first-order chi connectivity index (χ1) is 12.5. The first kappa shape index (κ1) is 18.5. The average molecular weight is 374 g/mol. The van der Waals surface area contributed by atoms with E-state index in [0.29, 0.717) is 22.9 Å². The van der Waals surface area contributed by atoms with E-state index < -0.39 is 5.82 Å². The number of rotatable bonds is 4. The molecule has 1 aliphatic rings. The smallest absolute Gasteiger partial charge is 0.230 e. The van der Waals surface area contributed by atoms with Crippen molar-refractivity contribution in [3.8, 4) is 0 Å². The van der Waals surface area contributed by atoms with E-state index in [0.717, 1.165) is 12.8 Å². The molecule has 0 N–H and O–H groups in total. The van der Waals surface area contributed by atoms with Crippen LogP contribution in [0.15, 0.2) is 34.7 Å². The Bertz CT molecular complexity index is 796. The predicted molar refractivity (Wildman–Crippen MR) is 104 cm³/mol. The zero-order chi connectivity index (χ0) is 18.7. The third-order valence-electron chi connectivity index (χ3n) is 4.58. The molecular formula is C19H23FN4OS. The number of piperidine rings is 1. The van der Waals surface area contributed by atoms with Crippen molar-refractivity contribution in [3.05, 3.63) is 41.2 Å². The van der Waals surface area contributed by atoms with Crippen LogP contribution in [0.3, 0.4) is 0 Å². The van der Waals surface area contributed by atoms with Gasteiger partial charge in [0.05, 0.1) is 17.6 Å². The Labute approximate surface area is 157 Å². The standard InChI is InChI=1S/C19H23FN4OS/c1-13-7-6-8-14(2)24(13)21-11-16-12-26-19(22-16)23(15(3)25)18-10-5-4-9-17(18)20/h4-5,9-14H,6-8H2,1-3H3/b21-11-/t13-,14-/m1/s1. The van der Waals surface area contributed by atoms with Crippen molar-refractivity contribution in [3.63, 3.8) is 0 Å². The number of nitrogens with zero attached hydrogens (tertiary/aromatic N) is 4. The fraction of sp³-hybridized carbons (Fsp3) is 0.421. The highest BCUT2D eigenvalue weighted by molar-refractivity contribution is 7.14. The second-order valence-electron chi connectivity index (χ2n) is 6.61. The fourth-order valence-corrected chi connectivity index (χ4v) is 4.07. The number of aromatic nitrogens is 1. The molecule has 0 spiro atoms. The summed E-state index contributed by atoms with van der Waals surface area (Å²) in [7, 11) is 0. The molecule has 2 heterocycles. The number of thiazole rings is 1. The van der Waals surface area contributed by atoms with Gasteiger partial charge in [-0.15, -0.1) is 11.3 Å². The quantitative estimate of drug-likeness (QED) is 0.737. The lowest BCUT2D eigenvalue weighted by atomic mass is 10.00. The first-order valence-electron chi connectivity index (χ1n) is 8.80. The van der Waals surface area contributed by atoms with Crippen molar-refractivity contribution in [1.82, 2.24) is 9.99 Å². The van der Waals surface area contributed by atoms with Gasteiger partial charge in [-0.2, -0.15) is 5.10 Å². The third-order valence-corrected chi connectivity index (χ3v) is 5.42. The largest absolute Gasteiger partial charge is 0.291 e. The molecule has 1 aromatic carbocycles. The van der Waals surface area contributed by atoms with E-state index in [4.69, 9.17) is 0 Å². The minimum absolute atomic E-state index is 0.205. The molecule has 0 saturated carbocycles. The predicted octanol–water partition coefficient (Wildman–Crippen LogP) is 4.56. The normalized spacial score (nSPS) is 20.5. The molecular weight excluding hydrogens is 351 g/mol. The monoisotopic (exact) mass is 374 g/mol. The number of para-hydroxylation sites is 1. The van der Waals surface area contributed by atoms with Gasteiger partial charge in [0.1, 0.15) is 5.82 Å². The van der Waals surface area contributed by atoms with Crippen LogP contribution in [0, 0.1) is 5.82 Å². The summed E-state index contributed by atoms with van der Waals surface area (Å²) in [6.45, 7) is 5.75. The van der Waals surface area contributed by atoms with Crippen LogP contribution in [0.1, 0.15) is 45.7 Å². The van der Waals surface area contributed by atoms with E-state index in [1.807, 2.05) is 5.38 Å². The molecule has 1 amide bonds. The van der Waals surface area contributed by atoms with Gasteiger partial charge < -0.3 is 0 Å². The number of carbonyl (C=O) groups is 1. The van der Waals surface area contributed by atoms with E-state index in [-0.39, 0.29) is 11.6 Å². The van der Waals surface area contributed by atoms with Gasteiger partial charge in [0.25, 0.3) is 0 Å². The summed E-state index contributed by atoms with van der Waals surface area (Å²) in [4.78, 5) is 17.8. The summed E-state index contributed by atoms with van der Waals surface area (Å²) in [6, 6.07) is 7.01. The Morgan fingerprint density at radius 3 is 2.69 bits per heavy atom. The summed E-state index contributed by atoms with van der Waals surface area (Å²) in [5, 5.41) is 8.97. The Morgan fingerprint density at radius 2 is 2.04 bits per heavy atom. The number of halogens is 1. The third kappa shape index (κ3) is 3.93. The number of anilines is 2. The number of hydrogen-bond donors (Lipinski definition) is 0. The van der Waals surface area contributed by atoms with Crippen LogP contribution >= 0.6 is 11.3 Å². The highest BCUT2D eigenvalue weighted by Crippen LogP contribution is 2.30. The maximum absolute atomic E-state index is 14.1. The highest BCUT2D eigenvalue weighted by atomic mass is 32.1. The second-order valence-corrected chi connectivity index (χ2v) is 7.45. The van der Waals surface area contributed by atoms with Crippen LogP contribution < -0.4 is 4.90 Å². The van der Waals surface area contributed by atoms with E-state index in [9.17, 15) is 9.18 Å². The molecule has 3 rings (SSSR count). The molecule has 1 aromatic heterocycles. The molecule has 26 heavy (non-hydrogen) atoms. The maximum atomic E-state index is 14.1. The molecule has 1 aliphatic heterocycles. The molecule has 1 fully saturated rings. The van der Waals surface area contributed by atoms with Crippen molar-refractivity contribution in [2.75, 3.05) is 4.90 Å². The van der Waals surface area contributed by atoms with Gasteiger partial charge in [-0.25, -0.2) is 9.37 Å². The summed E-state index contributed by atoms with van der Waals surface area (Å²) in [6.07, 6.45) is 5.22. The van der Waals surface area contributed by atoms with E-state index in [1.165, 1.54) is 35.6 Å². The maximum Gasteiger partial charge on any atom is 0.230 e. The Kier molecular flexibility index (Phi) is 5.66. The van der Waals surface area contributed by atoms with Gasteiger partial charge in [-0.1, -0.05) is 12.1 Å². The van der Waals surface area contributed by atoms with Gasteiger partial charge in [-0.3, -0.25) is 14.7 Å². The summed E-state index contributed by atoms with van der Waals surface area (Å²) in [5.41, 5.74) is 0.869. The molecule has 7 heteroatoms. The zero-order valence-corrected chi connectivity index (χ0v) is 16.0. The number of amides is 1. The zero-order valence-electron chi connectivity index (χ0n) is 15.2. The van der Waals surface area contributed by atoms with Crippen molar-refractivity contribution >= 4 is 34.3 Å². The van der Waals surface area contributed by atoms with Gasteiger partial charge in [0, 0.05) is 24.4 Å². The van der Waals surface area contributed by atoms with E-state index in [2.05, 4.69) is 28.9 Å². The molecule has 1 saturated heterocycles. The summed E-state index contributed by atoms with van der Waals surface area (Å²) >= 11 is 1.30. The number of hydrazone groups is 1. The topological polar surface area (TPSA) is 48.8 Å².